The van der Waals surface area contributed by atoms with Gasteiger partial charge < -0.3 is 9.47 Å². The molecule has 4 rings (SSSR count). The van der Waals surface area contributed by atoms with Gasteiger partial charge in [0.05, 0.1) is 12.7 Å². The van der Waals surface area contributed by atoms with Crippen molar-refractivity contribution < 1.29 is 19.1 Å². The van der Waals surface area contributed by atoms with Crippen LogP contribution in [0.15, 0.2) is 59.9 Å². The fourth-order valence-electron chi connectivity index (χ4n) is 3.30. The zero-order valence-electron chi connectivity index (χ0n) is 11.8. The molecule has 0 atom stereocenters. The highest BCUT2D eigenvalue weighted by Crippen LogP contribution is 2.49. The molecule has 4 nitrogen and oxygen atoms in total. The Hall–Kier alpha value is -2.88. The Balaban J connectivity index is 2.02. The molecule has 0 bridgehead atoms. The molecule has 22 heavy (non-hydrogen) atoms. The summed E-state index contributed by atoms with van der Waals surface area (Å²) in [7, 11) is 1.38. The molecular weight excluding hydrogens is 280 g/mol. The van der Waals surface area contributed by atoms with Crippen LogP contribution in [0.2, 0.25) is 0 Å². The largest absolute Gasteiger partial charge is 0.489 e. The molecule has 1 heterocycles. The highest BCUT2D eigenvalue weighted by Gasteiger charge is 2.43. The monoisotopic (exact) mass is 292 g/mol. The number of carbonyl (C=O) groups is 2. The van der Waals surface area contributed by atoms with E-state index in [0.29, 0.717) is 0 Å². The SMILES string of the molecule is COC1=C(C2c3ccccc3-c3ccccc32)C(=O)OC1=O. The van der Waals surface area contributed by atoms with Gasteiger partial charge in [0.1, 0.15) is 0 Å². The summed E-state index contributed by atoms with van der Waals surface area (Å²) in [5, 5.41) is 0. The van der Waals surface area contributed by atoms with Crippen molar-refractivity contribution in [3.8, 4) is 11.1 Å². The van der Waals surface area contributed by atoms with Crippen LogP contribution in [-0.2, 0) is 19.1 Å². The average Bonchev–Trinajstić information content (AvgIpc) is 3.01. The maximum Gasteiger partial charge on any atom is 0.382 e. The predicted molar refractivity (Wildman–Crippen MR) is 78.9 cm³/mol. The number of benzene rings is 2. The van der Waals surface area contributed by atoms with Gasteiger partial charge in [-0.1, -0.05) is 48.5 Å². The van der Waals surface area contributed by atoms with Gasteiger partial charge in [0.15, 0.2) is 0 Å². The van der Waals surface area contributed by atoms with Gasteiger partial charge in [0.25, 0.3) is 0 Å². The quantitative estimate of drug-likeness (QED) is 0.631. The van der Waals surface area contributed by atoms with E-state index < -0.39 is 11.9 Å². The van der Waals surface area contributed by atoms with Crippen LogP contribution in [0.3, 0.4) is 0 Å². The number of ether oxygens (including phenoxy) is 2. The summed E-state index contributed by atoms with van der Waals surface area (Å²) in [6, 6.07) is 15.7. The van der Waals surface area contributed by atoms with Crippen molar-refractivity contribution in [1.29, 1.82) is 0 Å². The van der Waals surface area contributed by atoms with Crippen molar-refractivity contribution >= 4 is 11.9 Å². The first-order valence-electron chi connectivity index (χ1n) is 6.95. The van der Waals surface area contributed by atoms with Crippen molar-refractivity contribution in [3.05, 3.63) is 71.0 Å². The van der Waals surface area contributed by atoms with Gasteiger partial charge in [0.2, 0.25) is 5.76 Å². The Labute approximate surface area is 127 Å². The third-order valence-electron chi connectivity index (χ3n) is 4.16. The molecule has 0 spiro atoms. The maximum absolute atomic E-state index is 12.2. The molecular formula is C18H12O4. The fraction of sp³-hybridized carbons (Fsp3) is 0.111. The summed E-state index contributed by atoms with van der Waals surface area (Å²) in [6.45, 7) is 0. The van der Waals surface area contributed by atoms with E-state index in [1.165, 1.54) is 7.11 Å². The predicted octanol–water partition coefficient (Wildman–Crippen LogP) is 2.78. The molecule has 0 unspecified atom stereocenters. The standard InChI is InChI=1S/C18H12O4/c1-21-16-15(17(19)22-18(16)20)14-12-8-4-2-6-10(12)11-7-3-5-9-13(11)14/h2-9,14H,1H3. The normalized spacial score (nSPS) is 16.6. The van der Waals surface area contributed by atoms with Crippen molar-refractivity contribution in [2.75, 3.05) is 7.11 Å². The maximum atomic E-state index is 12.2. The summed E-state index contributed by atoms with van der Waals surface area (Å²) in [5.41, 5.74) is 4.39. The van der Waals surface area contributed by atoms with Crippen molar-refractivity contribution in [2.45, 2.75) is 5.92 Å². The molecule has 4 heteroatoms. The van der Waals surface area contributed by atoms with Crippen LogP contribution in [0, 0.1) is 0 Å². The van der Waals surface area contributed by atoms with Gasteiger partial charge in [-0.3, -0.25) is 0 Å². The smallest absolute Gasteiger partial charge is 0.382 e. The molecule has 0 radical (unpaired) electrons. The molecule has 0 aromatic heterocycles. The zero-order chi connectivity index (χ0) is 15.3. The number of cyclic esters (lactones) is 2. The van der Waals surface area contributed by atoms with Crippen LogP contribution in [0.25, 0.3) is 11.1 Å². The molecule has 2 aromatic rings. The van der Waals surface area contributed by atoms with E-state index in [4.69, 9.17) is 9.47 Å². The summed E-state index contributed by atoms with van der Waals surface area (Å²) >= 11 is 0. The zero-order valence-corrected chi connectivity index (χ0v) is 11.8. The first kappa shape index (κ1) is 12.8. The van der Waals surface area contributed by atoms with Crippen LogP contribution in [0.1, 0.15) is 17.0 Å². The van der Waals surface area contributed by atoms with Crippen molar-refractivity contribution in [3.63, 3.8) is 0 Å². The summed E-state index contributed by atoms with van der Waals surface area (Å²) in [5.74, 6) is -1.68. The second-order valence-electron chi connectivity index (χ2n) is 5.23. The number of hydrogen-bond acceptors (Lipinski definition) is 4. The molecule has 0 amide bonds. The highest BCUT2D eigenvalue weighted by atomic mass is 16.6. The first-order valence-corrected chi connectivity index (χ1v) is 6.95. The third-order valence-corrected chi connectivity index (χ3v) is 4.16. The number of hydrogen-bond donors (Lipinski definition) is 0. The first-order chi connectivity index (χ1) is 10.7. The van der Waals surface area contributed by atoms with E-state index in [2.05, 4.69) is 0 Å². The fourth-order valence-corrected chi connectivity index (χ4v) is 3.30. The van der Waals surface area contributed by atoms with Crippen LogP contribution >= 0.6 is 0 Å². The summed E-state index contributed by atoms with van der Waals surface area (Å²) < 4.78 is 9.88. The van der Waals surface area contributed by atoms with E-state index >= 15 is 0 Å². The minimum Gasteiger partial charge on any atom is -0.489 e. The van der Waals surface area contributed by atoms with Crippen LogP contribution in [0.5, 0.6) is 0 Å². The minimum atomic E-state index is -0.718. The lowest BCUT2D eigenvalue weighted by atomic mass is 9.89. The van der Waals surface area contributed by atoms with Crippen molar-refractivity contribution in [1.82, 2.24) is 0 Å². The molecule has 0 saturated carbocycles. The molecule has 2 aromatic carbocycles. The van der Waals surface area contributed by atoms with Gasteiger partial charge in [-0.05, 0) is 22.3 Å². The molecule has 1 aliphatic heterocycles. The molecule has 108 valence electrons. The second-order valence-corrected chi connectivity index (χ2v) is 5.23. The highest BCUT2D eigenvalue weighted by molar-refractivity contribution is 6.13. The number of fused-ring (bicyclic) bond motifs is 3. The molecule has 0 saturated heterocycles. The lowest BCUT2D eigenvalue weighted by Gasteiger charge is -2.13. The van der Waals surface area contributed by atoms with Crippen LogP contribution < -0.4 is 0 Å². The molecule has 0 fully saturated rings. The topological polar surface area (TPSA) is 52.6 Å². The third kappa shape index (κ3) is 1.58. The van der Waals surface area contributed by atoms with Gasteiger partial charge in [-0.2, -0.15) is 0 Å². The number of esters is 2. The number of rotatable bonds is 2. The van der Waals surface area contributed by atoms with Gasteiger partial charge in [-0.15, -0.1) is 0 Å². The van der Waals surface area contributed by atoms with Crippen molar-refractivity contribution in [2.24, 2.45) is 0 Å². The lowest BCUT2D eigenvalue weighted by molar-refractivity contribution is -0.152. The lowest BCUT2D eigenvalue weighted by Crippen LogP contribution is -2.09. The minimum absolute atomic E-state index is 0.00139. The Morgan fingerprint density at radius 1 is 0.864 bits per heavy atom. The Kier molecular flexibility index (Phi) is 2.66. The number of carbonyl (C=O) groups excluding carboxylic acids is 2. The van der Waals surface area contributed by atoms with Crippen LogP contribution in [-0.4, -0.2) is 19.0 Å². The van der Waals surface area contributed by atoms with E-state index in [9.17, 15) is 9.59 Å². The van der Waals surface area contributed by atoms with Gasteiger partial charge >= 0.3 is 11.9 Å². The molecule has 1 aliphatic carbocycles. The van der Waals surface area contributed by atoms with E-state index in [-0.39, 0.29) is 17.3 Å². The second kappa shape index (κ2) is 4.56. The average molecular weight is 292 g/mol. The Bertz CT molecular complexity index is 802. The molecule has 0 N–H and O–H groups in total. The number of methoxy groups -OCH3 is 1. The molecule has 2 aliphatic rings. The Morgan fingerprint density at radius 2 is 1.41 bits per heavy atom. The summed E-state index contributed by atoms with van der Waals surface area (Å²) in [6.07, 6.45) is 0. The van der Waals surface area contributed by atoms with Gasteiger partial charge in [-0.25, -0.2) is 9.59 Å². The van der Waals surface area contributed by atoms with E-state index in [1.807, 2.05) is 48.5 Å². The van der Waals surface area contributed by atoms with E-state index in [1.54, 1.807) is 0 Å². The van der Waals surface area contributed by atoms with Crippen LogP contribution in [0.4, 0.5) is 0 Å². The van der Waals surface area contributed by atoms with Gasteiger partial charge in [0, 0.05) is 5.92 Å². The summed E-state index contributed by atoms with van der Waals surface area (Å²) in [4.78, 5) is 24.0. The Morgan fingerprint density at radius 3 is 1.95 bits per heavy atom. The van der Waals surface area contributed by atoms with E-state index in [0.717, 1.165) is 22.3 Å².